The van der Waals surface area contributed by atoms with Crippen LogP contribution in [0.1, 0.15) is 0 Å². The molecule has 0 atom stereocenters. The van der Waals surface area contributed by atoms with Crippen LogP contribution in [0.3, 0.4) is 0 Å². The first-order valence-corrected chi connectivity index (χ1v) is 7.07. The molecule has 2 aromatic rings. The summed E-state index contributed by atoms with van der Waals surface area (Å²) in [6.07, 6.45) is 0. The van der Waals surface area contributed by atoms with Crippen molar-refractivity contribution in [3.8, 4) is 11.4 Å². The van der Waals surface area contributed by atoms with Crippen LogP contribution in [-0.4, -0.2) is 19.2 Å². The molecule has 1 aromatic heterocycles. The van der Waals surface area contributed by atoms with Crippen LogP contribution in [0, 0.1) is 0 Å². The molecule has 80 valence electrons. The Morgan fingerprint density at radius 2 is 1.94 bits per heavy atom. The molecule has 3 rings (SSSR count). The van der Waals surface area contributed by atoms with Crippen LogP contribution in [0.15, 0.2) is 35.5 Å². The molecule has 1 aromatic carbocycles. The first kappa shape index (κ1) is 10.1. The second-order valence-electron chi connectivity index (χ2n) is 3.07. The van der Waals surface area contributed by atoms with E-state index >= 15 is 0 Å². The zero-order chi connectivity index (χ0) is 11.0. The van der Waals surface area contributed by atoms with Gasteiger partial charge < -0.3 is 0 Å². The Morgan fingerprint density at radius 1 is 1.12 bits per heavy atom. The molecule has 0 bridgehead atoms. The molecule has 0 saturated heterocycles. The highest BCUT2D eigenvalue weighted by Crippen LogP contribution is 2.35. The van der Waals surface area contributed by atoms with E-state index in [0.29, 0.717) is 0 Å². The summed E-state index contributed by atoms with van der Waals surface area (Å²) < 4.78 is 2.54. The summed E-state index contributed by atoms with van der Waals surface area (Å²) in [4.78, 5) is 0. The molecular weight excluding hydrogens is 260 g/mol. The number of thiocarbonyl (C=S) groups is 1. The van der Waals surface area contributed by atoms with Gasteiger partial charge in [0, 0.05) is 5.56 Å². The molecule has 0 radical (unpaired) electrons. The lowest BCUT2D eigenvalue weighted by Gasteiger charge is -2.16. The van der Waals surface area contributed by atoms with E-state index in [2.05, 4.69) is 15.6 Å². The molecule has 0 saturated carbocycles. The van der Waals surface area contributed by atoms with Gasteiger partial charge in [-0.15, -0.1) is 10.2 Å². The largest absolute Gasteiger partial charge is 0.274 e. The average molecular weight is 266 g/mol. The van der Waals surface area contributed by atoms with Crippen molar-refractivity contribution < 1.29 is 0 Å². The molecule has 0 fully saturated rings. The standard InChI is InChI=1S/C9H6N4S3/c14-9-12-13-7(6-4-2-1-3-5-6)10-11-8(13)15-16-9/h1-5H,(H,12,14). The third kappa shape index (κ3) is 1.70. The Morgan fingerprint density at radius 3 is 2.75 bits per heavy atom. The van der Waals surface area contributed by atoms with Gasteiger partial charge in [-0.2, -0.15) is 0 Å². The highest BCUT2D eigenvalue weighted by Gasteiger charge is 2.20. The van der Waals surface area contributed by atoms with Crippen LogP contribution in [-0.2, 0) is 0 Å². The van der Waals surface area contributed by atoms with Crippen LogP contribution < -0.4 is 5.43 Å². The van der Waals surface area contributed by atoms with Crippen LogP contribution in [0.4, 0.5) is 0 Å². The summed E-state index contributed by atoms with van der Waals surface area (Å²) in [5.41, 5.74) is 4.09. The fourth-order valence-electron chi connectivity index (χ4n) is 1.38. The van der Waals surface area contributed by atoms with E-state index in [4.69, 9.17) is 12.2 Å². The highest BCUT2D eigenvalue weighted by atomic mass is 33.1. The molecule has 2 heterocycles. The van der Waals surface area contributed by atoms with Gasteiger partial charge in [0.25, 0.3) is 0 Å². The number of nitrogens with one attached hydrogen (secondary N) is 1. The maximum atomic E-state index is 5.11. The molecular formula is C9H6N4S3. The van der Waals surface area contributed by atoms with E-state index in [0.717, 1.165) is 20.9 Å². The van der Waals surface area contributed by atoms with Gasteiger partial charge >= 0.3 is 0 Å². The van der Waals surface area contributed by atoms with E-state index in [1.807, 2.05) is 35.0 Å². The van der Waals surface area contributed by atoms with Gasteiger partial charge in [0.15, 0.2) is 10.1 Å². The summed E-state index contributed by atoms with van der Waals surface area (Å²) in [6.45, 7) is 0. The highest BCUT2D eigenvalue weighted by molar-refractivity contribution is 8.83. The minimum atomic E-state index is 0.717. The normalized spacial score (nSPS) is 14.4. The third-order valence-electron chi connectivity index (χ3n) is 2.06. The number of fused-ring (bicyclic) bond motifs is 1. The Labute approximate surface area is 105 Å². The summed E-state index contributed by atoms with van der Waals surface area (Å²) in [5, 5.41) is 9.08. The van der Waals surface area contributed by atoms with E-state index < -0.39 is 0 Å². The molecule has 1 N–H and O–H groups in total. The number of benzene rings is 1. The molecule has 0 aliphatic carbocycles. The second-order valence-corrected chi connectivity index (χ2v) is 5.85. The van der Waals surface area contributed by atoms with E-state index in [-0.39, 0.29) is 0 Å². The molecule has 1 aliphatic heterocycles. The second kappa shape index (κ2) is 4.08. The average Bonchev–Trinajstić information content (AvgIpc) is 2.73. The van der Waals surface area contributed by atoms with Crippen molar-refractivity contribution in [3.63, 3.8) is 0 Å². The molecule has 7 heteroatoms. The van der Waals surface area contributed by atoms with Crippen molar-refractivity contribution in [1.82, 2.24) is 14.9 Å². The van der Waals surface area contributed by atoms with Gasteiger partial charge in [-0.25, -0.2) is 4.68 Å². The number of aromatic nitrogens is 3. The molecule has 16 heavy (non-hydrogen) atoms. The summed E-state index contributed by atoms with van der Waals surface area (Å²) in [6, 6.07) is 9.91. The van der Waals surface area contributed by atoms with Crippen molar-refractivity contribution in [1.29, 1.82) is 0 Å². The smallest absolute Gasteiger partial charge is 0.221 e. The van der Waals surface area contributed by atoms with Crippen LogP contribution in [0.5, 0.6) is 0 Å². The summed E-state index contributed by atoms with van der Waals surface area (Å²) in [7, 11) is 3.00. The Bertz CT molecular complexity index is 537. The topological polar surface area (TPSA) is 42.7 Å². The molecule has 0 spiro atoms. The Hall–Kier alpha value is -1.05. The first-order valence-electron chi connectivity index (χ1n) is 4.51. The van der Waals surface area contributed by atoms with Gasteiger partial charge in [-0.1, -0.05) is 42.5 Å². The molecule has 0 unspecified atom stereocenters. The van der Waals surface area contributed by atoms with E-state index in [1.54, 1.807) is 0 Å². The SMILES string of the molecule is S=C1Nn2c(nnc2-c2ccccc2)SS1. The zero-order valence-electron chi connectivity index (χ0n) is 7.95. The van der Waals surface area contributed by atoms with Crippen molar-refractivity contribution in [2.45, 2.75) is 5.16 Å². The maximum Gasteiger partial charge on any atom is 0.221 e. The minimum Gasteiger partial charge on any atom is -0.274 e. The van der Waals surface area contributed by atoms with Gasteiger partial charge in [0.2, 0.25) is 5.16 Å². The van der Waals surface area contributed by atoms with Crippen LogP contribution in [0.25, 0.3) is 11.4 Å². The molecule has 4 nitrogen and oxygen atoms in total. The maximum absolute atomic E-state index is 5.11. The monoisotopic (exact) mass is 266 g/mol. The molecule has 1 aliphatic rings. The minimum absolute atomic E-state index is 0.717. The van der Waals surface area contributed by atoms with Crippen molar-refractivity contribution in [2.75, 3.05) is 5.43 Å². The number of hydrogen-bond donors (Lipinski definition) is 1. The zero-order valence-corrected chi connectivity index (χ0v) is 10.4. The number of nitrogens with zero attached hydrogens (tertiary/aromatic N) is 3. The lowest BCUT2D eigenvalue weighted by Crippen LogP contribution is -2.22. The Kier molecular flexibility index (Phi) is 2.58. The van der Waals surface area contributed by atoms with Gasteiger partial charge in [0.1, 0.15) is 0 Å². The third-order valence-corrected chi connectivity index (χ3v) is 4.65. The van der Waals surface area contributed by atoms with Crippen molar-refractivity contribution >= 4 is 38.1 Å². The van der Waals surface area contributed by atoms with Crippen LogP contribution >= 0.6 is 33.8 Å². The predicted octanol–water partition coefficient (Wildman–Crippen LogP) is 2.53. The first-order chi connectivity index (χ1) is 7.84. The number of rotatable bonds is 1. The van der Waals surface area contributed by atoms with Gasteiger partial charge in [-0.05, 0) is 21.6 Å². The number of hydrogen-bond acceptors (Lipinski definition) is 5. The predicted molar refractivity (Wildman–Crippen MR) is 70.9 cm³/mol. The van der Waals surface area contributed by atoms with Crippen molar-refractivity contribution in [3.05, 3.63) is 30.3 Å². The van der Waals surface area contributed by atoms with E-state index in [1.165, 1.54) is 21.6 Å². The molecule has 0 amide bonds. The van der Waals surface area contributed by atoms with Crippen molar-refractivity contribution in [2.24, 2.45) is 0 Å². The quantitative estimate of drug-likeness (QED) is 0.632. The fraction of sp³-hybridized carbons (Fsp3) is 0. The Balaban J connectivity index is 2.10. The van der Waals surface area contributed by atoms with Crippen LogP contribution in [0.2, 0.25) is 0 Å². The fourth-order valence-corrected chi connectivity index (χ4v) is 3.23. The van der Waals surface area contributed by atoms with Gasteiger partial charge in [-0.3, -0.25) is 5.43 Å². The van der Waals surface area contributed by atoms with Gasteiger partial charge in [0.05, 0.1) is 0 Å². The summed E-state index contributed by atoms with van der Waals surface area (Å²) in [5.74, 6) is 0.783. The lowest BCUT2D eigenvalue weighted by molar-refractivity contribution is 0.843. The lowest BCUT2D eigenvalue weighted by atomic mass is 10.2. The summed E-state index contributed by atoms with van der Waals surface area (Å²) >= 11 is 5.11. The van der Waals surface area contributed by atoms with E-state index in [9.17, 15) is 0 Å².